The molecular weight excluding hydrogens is 282 g/mol. The number of halogens is 1. The van der Waals surface area contributed by atoms with Crippen LogP contribution in [0, 0.1) is 0 Å². The van der Waals surface area contributed by atoms with Crippen LogP contribution in [0.25, 0.3) is 10.2 Å². The Morgan fingerprint density at radius 3 is 2.83 bits per heavy atom. The summed E-state index contributed by atoms with van der Waals surface area (Å²) in [6.07, 6.45) is 0. The van der Waals surface area contributed by atoms with Crippen LogP contribution in [0.3, 0.4) is 0 Å². The highest BCUT2D eigenvalue weighted by Gasteiger charge is 2.04. The van der Waals surface area contributed by atoms with Gasteiger partial charge in [-0.2, -0.15) is 0 Å². The normalized spacial score (nSPS) is 10.9. The molecule has 0 saturated carbocycles. The summed E-state index contributed by atoms with van der Waals surface area (Å²) in [5.41, 5.74) is 2.31. The molecule has 0 radical (unpaired) electrons. The average molecular weight is 292 g/mol. The first-order chi connectivity index (χ1) is 8.81. The Morgan fingerprint density at radius 2 is 2.00 bits per heavy atom. The summed E-state index contributed by atoms with van der Waals surface area (Å²) in [4.78, 5) is 4.60. The molecular formula is C14H10ClNS2. The fraction of sp³-hybridized carbons (Fsp3) is 0.0714. The lowest BCUT2D eigenvalue weighted by atomic mass is 10.2. The summed E-state index contributed by atoms with van der Waals surface area (Å²) in [6, 6.07) is 16.2. The molecule has 3 aromatic rings. The molecule has 0 atom stereocenters. The second-order valence-electron chi connectivity index (χ2n) is 3.87. The van der Waals surface area contributed by atoms with Crippen molar-refractivity contribution in [1.82, 2.24) is 4.98 Å². The molecule has 0 fully saturated rings. The van der Waals surface area contributed by atoms with Gasteiger partial charge in [0.15, 0.2) is 4.34 Å². The summed E-state index contributed by atoms with van der Waals surface area (Å²) >= 11 is 9.46. The molecule has 0 spiro atoms. The number of benzene rings is 2. The van der Waals surface area contributed by atoms with E-state index in [0.29, 0.717) is 0 Å². The molecule has 4 heteroatoms. The van der Waals surface area contributed by atoms with Gasteiger partial charge in [0.25, 0.3) is 0 Å². The first-order valence-corrected chi connectivity index (χ1v) is 7.72. The minimum atomic E-state index is 0.789. The van der Waals surface area contributed by atoms with Crippen molar-refractivity contribution in [1.29, 1.82) is 0 Å². The van der Waals surface area contributed by atoms with Gasteiger partial charge in [0, 0.05) is 10.8 Å². The van der Waals surface area contributed by atoms with Gasteiger partial charge in [0.05, 0.1) is 10.2 Å². The monoisotopic (exact) mass is 291 g/mol. The van der Waals surface area contributed by atoms with Crippen LogP contribution in [0.4, 0.5) is 0 Å². The summed E-state index contributed by atoms with van der Waals surface area (Å²) in [5, 5.41) is 0.789. The van der Waals surface area contributed by atoms with Crippen LogP contribution in [-0.2, 0) is 5.75 Å². The molecule has 1 nitrogen and oxygen atoms in total. The topological polar surface area (TPSA) is 12.9 Å². The molecule has 2 aromatic carbocycles. The summed E-state index contributed by atoms with van der Waals surface area (Å²) < 4.78 is 2.35. The smallest absolute Gasteiger partial charge is 0.151 e. The van der Waals surface area contributed by atoms with Gasteiger partial charge >= 0.3 is 0 Å². The zero-order chi connectivity index (χ0) is 12.4. The van der Waals surface area contributed by atoms with Crippen LogP contribution in [0.5, 0.6) is 0 Å². The molecule has 0 aliphatic heterocycles. The third-order valence-corrected chi connectivity index (χ3v) is 5.01. The van der Waals surface area contributed by atoms with Crippen molar-refractivity contribution in [3.63, 3.8) is 0 Å². The molecule has 0 bridgehead atoms. The highest BCUT2D eigenvalue weighted by atomic mass is 35.5. The second-order valence-corrected chi connectivity index (χ2v) is 6.56. The van der Waals surface area contributed by atoms with Crippen LogP contribution in [0.2, 0.25) is 5.02 Å². The van der Waals surface area contributed by atoms with Gasteiger partial charge in [-0.15, -0.1) is 11.3 Å². The van der Waals surface area contributed by atoms with E-state index in [0.717, 1.165) is 20.6 Å². The van der Waals surface area contributed by atoms with Gasteiger partial charge in [0.1, 0.15) is 0 Å². The standard InChI is InChI=1S/C14H10ClNS2/c15-11-5-3-4-10(8-11)9-17-14-16-12-6-1-2-7-13(12)18-14/h1-8H,9H2. The molecule has 0 unspecified atom stereocenters. The van der Waals surface area contributed by atoms with E-state index < -0.39 is 0 Å². The van der Waals surface area contributed by atoms with Gasteiger partial charge in [-0.05, 0) is 29.8 Å². The Bertz CT molecular complexity index is 645. The maximum Gasteiger partial charge on any atom is 0.151 e. The van der Waals surface area contributed by atoms with E-state index in [2.05, 4.69) is 23.2 Å². The Morgan fingerprint density at radius 1 is 1.11 bits per heavy atom. The number of aromatic nitrogens is 1. The first-order valence-electron chi connectivity index (χ1n) is 5.54. The number of hydrogen-bond donors (Lipinski definition) is 0. The maximum absolute atomic E-state index is 5.97. The van der Waals surface area contributed by atoms with E-state index in [9.17, 15) is 0 Å². The Labute approximate surface area is 119 Å². The van der Waals surface area contributed by atoms with E-state index in [-0.39, 0.29) is 0 Å². The quantitative estimate of drug-likeness (QED) is 0.612. The summed E-state index contributed by atoms with van der Waals surface area (Å²) in [5.74, 6) is 0.903. The molecule has 18 heavy (non-hydrogen) atoms. The lowest BCUT2D eigenvalue weighted by Crippen LogP contribution is -1.79. The number of nitrogens with zero attached hydrogens (tertiary/aromatic N) is 1. The van der Waals surface area contributed by atoms with E-state index in [1.54, 1.807) is 23.1 Å². The van der Waals surface area contributed by atoms with Crippen molar-refractivity contribution < 1.29 is 0 Å². The van der Waals surface area contributed by atoms with Gasteiger partial charge in [-0.3, -0.25) is 0 Å². The van der Waals surface area contributed by atoms with Gasteiger partial charge in [-0.25, -0.2) is 4.98 Å². The molecule has 0 amide bonds. The van der Waals surface area contributed by atoms with Gasteiger partial charge in [-0.1, -0.05) is 47.6 Å². The van der Waals surface area contributed by atoms with Gasteiger partial charge in [0.2, 0.25) is 0 Å². The third-order valence-electron chi connectivity index (χ3n) is 2.53. The number of thioether (sulfide) groups is 1. The van der Waals surface area contributed by atoms with Crippen molar-refractivity contribution in [3.8, 4) is 0 Å². The van der Waals surface area contributed by atoms with E-state index in [1.807, 2.05) is 30.3 Å². The van der Waals surface area contributed by atoms with Crippen molar-refractivity contribution in [3.05, 3.63) is 59.1 Å². The SMILES string of the molecule is Clc1cccc(CSc2nc3ccccc3s2)c1. The van der Waals surface area contributed by atoms with Gasteiger partial charge < -0.3 is 0 Å². The molecule has 0 aliphatic carbocycles. The zero-order valence-corrected chi connectivity index (χ0v) is 11.9. The lowest BCUT2D eigenvalue weighted by Gasteiger charge is -1.99. The third kappa shape index (κ3) is 2.69. The Hall–Kier alpha value is -1.03. The predicted molar refractivity (Wildman–Crippen MR) is 80.6 cm³/mol. The Kier molecular flexibility index (Phi) is 3.55. The number of thiazole rings is 1. The molecule has 0 aliphatic rings. The van der Waals surface area contributed by atoms with E-state index >= 15 is 0 Å². The van der Waals surface area contributed by atoms with Crippen molar-refractivity contribution in [2.75, 3.05) is 0 Å². The summed E-state index contributed by atoms with van der Waals surface area (Å²) in [7, 11) is 0. The second kappa shape index (κ2) is 5.31. The number of fused-ring (bicyclic) bond motifs is 1. The van der Waals surface area contributed by atoms with E-state index in [1.165, 1.54) is 10.3 Å². The fourth-order valence-electron chi connectivity index (χ4n) is 1.68. The van der Waals surface area contributed by atoms with Crippen molar-refractivity contribution in [2.45, 2.75) is 10.1 Å². The predicted octanol–water partition coefficient (Wildman–Crippen LogP) is 5.24. The minimum absolute atomic E-state index is 0.789. The molecule has 1 aromatic heterocycles. The molecule has 90 valence electrons. The van der Waals surface area contributed by atoms with Crippen LogP contribution in [0.15, 0.2) is 52.9 Å². The molecule has 3 rings (SSSR count). The zero-order valence-electron chi connectivity index (χ0n) is 9.47. The largest absolute Gasteiger partial charge is 0.230 e. The Balaban J connectivity index is 1.76. The maximum atomic E-state index is 5.97. The van der Waals surface area contributed by atoms with Crippen LogP contribution in [-0.4, -0.2) is 4.98 Å². The fourth-order valence-corrected chi connectivity index (χ4v) is 3.91. The number of para-hydroxylation sites is 1. The number of hydrogen-bond acceptors (Lipinski definition) is 3. The highest BCUT2D eigenvalue weighted by molar-refractivity contribution is 8.00. The van der Waals surface area contributed by atoms with Crippen LogP contribution < -0.4 is 0 Å². The average Bonchev–Trinajstić information content (AvgIpc) is 2.79. The molecule has 1 heterocycles. The highest BCUT2D eigenvalue weighted by Crippen LogP contribution is 2.31. The molecule has 0 N–H and O–H groups in total. The number of rotatable bonds is 3. The minimum Gasteiger partial charge on any atom is -0.230 e. The first kappa shape index (κ1) is 12.0. The van der Waals surface area contributed by atoms with Crippen molar-refractivity contribution in [2.24, 2.45) is 0 Å². The lowest BCUT2D eigenvalue weighted by molar-refractivity contribution is 1.29. The van der Waals surface area contributed by atoms with Crippen LogP contribution >= 0.6 is 34.7 Å². The van der Waals surface area contributed by atoms with Crippen LogP contribution in [0.1, 0.15) is 5.56 Å². The van der Waals surface area contributed by atoms with Crippen molar-refractivity contribution >= 4 is 44.9 Å². The van der Waals surface area contributed by atoms with E-state index in [4.69, 9.17) is 11.6 Å². The molecule has 0 saturated heterocycles. The summed E-state index contributed by atoms with van der Waals surface area (Å²) in [6.45, 7) is 0.